The predicted octanol–water partition coefficient (Wildman–Crippen LogP) is 3.56. The van der Waals surface area contributed by atoms with Crippen LogP contribution in [0.3, 0.4) is 0 Å². The lowest BCUT2D eigenvalue weighted by atomic mass is 10.1. The van der Waals surface area contributed by atoms with Gasteiger partial charge in [-0.1, -0.05) is 18.2 Å². The van der Waals surface area contributed by atoms with Crippen molar-refractivity contribution in [1.29, 1.82) is 0 Å². The Labute approximate surface area is 148 Å². The number of rotatable bonds is 8. The average Bonchev–Trinajstić information content (AvgIpc) is 3.01. The number of aromatic amines is 1. The smallest absolute Gasteiger partial charge is 0.122 e. The van der Waals surface area contributed by atoms with E-state index in [0.29, 0.717) is 13.2 Å². The number of H-pyrrole nitrogens is 1. The van der Waals surface area contributed by atoms with E-state index in [-0.39, 0.29) is 0 Å². The van der Waals surface area contributed by atoms with Crippen LogP contribution in [-0.4, -0.2) is 30.5 Å². The molecular weight excluding hydrogens is 314 g/mol. The van der Waals surface area contributed by atoms with Gasteiger partial charge >= 0.3 is 0 Å². The first kappa shape index (κ1) is 17.0. The fourth-order valence-corrected chi connectivity index (χ4v) is 2.61. The Kier molecular flexibility index (Phi) is 5.69. The molecule has 0 saturated heterocycles. The minimum atomic E-state index is 0.502. The van der Waals surface area contributed by atoms with Crippen molar-refractivity contribution in [1.82, 2.24) is 15.5 Å². The summed E-state index contributed by atoms with van der Waals surface area (Å²) in [7, 11) is 1.92. The van der Waals surface area contributed by atoms with E-state index in [0.717, 1.165) is 35.0 Å². The molecule has 25 heavy (non-hydrogen) atoms. The van der Waals surface area contributed by atoms with E-state index in [9.17, 15) is 0 Å². The number of para-hydroxylation sites is 1. The summed E-state index contributed by atoms with van der Waals surface area (Å²) in [5.74, 6) is 1.68. The van der Waals surface area contributed by atoms with Gasteiger partial charge in [-0.15, -0.1) is 0 Å². The second kappa shape index (κ2) is 8.35. The van der Waals surface area contributed by atoms with Gasteiger partial charge in [-0.25, -0.2) is 0 Å². The summed E-state index contributed by atoms with van der Waals surface area (Å²) in [5.41, 5.74) is 4.32. The van der Waals surface area contributed by atoms with E-state index >= 15 is 0 Å². The third kappa shape index (κ3) is 4.39. The Bertz CT molecular complexity index is 782. The Morgan fingerprint density at radius 1 is 0.920 bits per heavy atom. The van der Waals surface area contributed by atoms with Crippen molar-refractivity contribution in [3.8, 4) is 22.8 Å². The van der Waals surface area contributed by atoms with E-state index < -0.39 is 0 Å². The second-order valence-electron chi connectivity index (χ2n) is 5.74. The Morgan fingerprint density at radius 2 is 1.56 bits per heavy atom. The molecule has 1 heterocycles. The fraction of sp³-hybridized carbons (Fsp3) is 0.250. The van der Waals surface area contributed by atoms with Gasteiger partial charge in [0.2, 0.25) is 0 Å². The number of ether oxygens (including phenoxy) is 2. The van der Waals surface area contributed by atoms with Crippen LogP contribution >= 0.6 is 0 Å². The highest BCUT2D eigenvalue weighted by Crippen LogP contribution is 2.25. The molecule has 0 aliphatic carbocycles. The van der Waals surface area contributed by atoms with E-state index in [2.05, 4.69) is 22.4 Å². The number of nitrogens with one attached hydrogen (secondary N) is 2. The van der Waals surface area contributed by atoms with Crippen molar-refractivity contribution in [2.45, 2.75) is 13.5 Å². The molecule has 3 rings (SSSR count). The topological polar surface area (TPSA) is 59.2 Å². The summed E-state index contributed by atoms with van der Waals surface area (Å²) in [6.07, 6.45) is 0. The van der Waals surface area contributed by atoms with Crippen LogP contribution in [0.1, 0.15) is 11.3 Å². The SMILES string of the molecule is CNCc1[nH]nc(-c2ccc(OCCOc3ccccc3)cc2)c1C. The minimum absolute atomic E-state index is 0.502. The highest BCUT2D eigenvalue weighted by molar-refractivity contribution is 5.64. The van der Waals surface area contributed by atoms with Crippen LogP contribution in [0, 0.1) is 6.92 Å². The van der Waals surface area contributed by atoms with E-state index in [1.807, 2.05) is 61.6 Å². The molecule has 2 N–H and O–H groups in total. The molecule has 0 fully saturated rings. The van der Waals surface area contributed by atoms with Gasteiger partial charge in [0.1, 0.15) is 24.7 Å². The summed E-state index contributed by atoms with van der Waals surface area (Å²) in [5, 5.41) is 10.6. The summed E-state index contributed by atoms with van der Waals surface area (Å²) in [4.78, 5) is 0. The number of hydrogen-bond donors (Lipinski definition) is 2. The molecule has 0 bridgehead atoms. The fourth-order valence-electron chi connectivity index (χ4n) is 2.61. The molecule has 0 spiro atoms. The maximum absolute atomic E-state index is 5.73. The third-order valence-electron chi connectivity index (χ3n) is 3.96. The molecule has 0 aliphatic heterocycles. The maximum Gasteiger partial charge on any atom is 0.122 e. The van der Waals surface area contributed by atoms with Crippen molar-refractivity contribution in [3.05, 3.63) is 65.9 Å². The van der Waals surface area contributed by atoms with E-state index in [4.69, 9.17) is 9.47 Å². The molecule has 2 aromatic carbocycles. The van der Waals surface area contributed by atoms with E-state index in [1.54, 1.807) is 0 Å². The largest absolute Gasteiger partial charge is 0.490 e. The lowest BCUT2D eigenvalue weighted by Gasteiger charge is -2.09. The summed E-state index contributed by atoms with van der Waals surface area (Å²) >= 11 is 0. The summed E-state index contributed by atoms with van der Waals surface area (Å²) in [6.45, 7) is 3.87. The van der Waals surface area contributed by atoms with Crippen molar-refractivity contribution in [2.24, 2.45) is 0 Å². The molecule has 0 amide bonds. The molecule has 1 aromatic heterocycles. The average molecular weight is 337 g/mol. The minimum Gasteiger partial charge on any atom is -0.490 e. The first-order valence-electron chi connectivity index (χ1n) is 8.37. The highest BCUT2D eigenvalue weighted by Gasteiger charge is 2.10. The van der Waals surface area contributed by atoms with Gasteiger partial charge in [-0.3, -0.25) is 5.10 Å². The van der Waals surface area contributed by atoms with Gasteiger partial charge in [0.15, 0.2) is 0 Å². The molecule has 0 atom stereocenters. The molecular formula is C20H23N3O2. The van der Waals surface area contributed by atoms with E-state index in [1.165, 1.54) is 5.56 Å². The molecule has 0 saturated carbocycles. The zero-order valence-corrected chi connectivity index (χ0v) is 14.6. The third-order valence-corrected chi connectivity index (χ3v) is 3.96. The van der Waals surface area contributed by atoms with Crippen molar-refractivity contribution in [3.63, 3.8) is 0 Å². The molecule has 5 nitrogen and oxygen atoms in total. The van der Waals surface area contributed by atoms with Gasteiger partial charge in [-0.05, 0) is 55.9 Å². The Morgan fingerprint density at radius 3 is 2.20 bits per heavy atom. The monoisotopic (exact) mass is 337 g/mol. The number of hydrogen-bond acceptors (Lipinski definition) is 4. The Hall–Kier alpha value is -2.79. The molecule has 130 valence electrons. The van der Waals surface area contributed by atoms with Crippen LogP contribution in [0.2, 0.25) is 0 Å². The highest BCUT2D eigenvalue weighted by atomic mass is 16.5. The van der Waals surface area contributed by atoms with Crippen LogP contribution < -0.4 is 14.8 Å². The van der Waals surface area contributed by atoms with Gasteiger partial charge in [0, 0.05) is 12.1 Å². The van der Waals surface area contributed by atoms with Gasteiger partial charge in [-0.2, -0.15) is 5.10 Å². The second-order valence-corrected chi connectivity index (χ2v) is 5.74. The lowest BCUT2D eigenvalue weighted by molar-refractivity contribution is 0.217. The first-order chi connectivity index (χ1) is 12.3. The summed E-state index contributed by atoms with van der Waals surface area (Å²) < 4.78 is 11.3. The Balaban J connectivity index is 1.54. The maximum atomic E-state index is 5.73. The standard InChI is InChI=1S/C20H23N3O2/c1-15-19(14-21-2)22-23-20(15)16-8-10-18(11-9-16)25-13-12-24-17-6-4-3-5-7-17/h3-11,21H,12-14H2,1-2H3,(H,22,23). The normalized spacial score (nSPS) is 10.6. The zero-order valence-electron chi connectivity index (χ0n) is 14.6. The quantitative estimate of drug-likeness (QED) is 0.617. The molecule has 3 aromatic rings. The first-order valence-corrected chi connectivity index (χ1v) is 8.37. The van der Waals surface area contributed by atoms with Crippen LogP contribution in [-0.2, 0) is 6.54 Å². The molecule has 5 heteroatoms. The van der Waals surface area contributed by atoms with Crippen LogP contribution in [0.5, 0.6) is 11.5 Å². The van der Waals surface area contributed by atoms with Crippen molar-refractivity contribution in [2.75, 3.05) is 20.3 Å². The van der Waals surface area contributed by atoms with Crippen LogP contribution in [0.15, 0.2) is 54.6 Å². The van der Waals surface area contributed by atoms with Crippen molar-refractivity contribution >= 4 is 0 Å². The van der Waals surface area contributed by atoms with Gasteiger partial charge < -0.3 is 14.8 Å². The predicted molar refractivity (Wildman–Crippen MR) is 99.0 cm³/mol. The van der Waals surface area contributed by atoms with Crippen molar-refractivity contribution < 1.29 is 9.47 Å². The van der Waals surface area contributed by atoms with Gasteiger partial charge in [0.25, 0.3) is 0 Å². The lowest BCUT2D eigenvalue weighted by Crippen LogP contribution is -2.08. The van der Waals surface area contributed by atoms with Crippen LogP contribution in [0.25, 0.3) is 11.3 Å². The number of benzene rings is 2. The molecule has 0 aliphatic rings. The van der Waals surface area contributed by atoms with Crippen LogP contribution in [0.4, 0.5) is 0 Å². The zero-order chi connectivity index (χ0) is 17.5. The number of aromatic nitrogens is 2. The number of nitrogens with zero attached hydrogens (tertiary/aromatic N) is 1. The molecule has 0 radical (unpaired) electrons. The van der Waals surface area contributed by atoms with Gasteiger partial charge in [0.05, 0.1) is 11.4 Å². The molecule has 0 unspecified atom stereocenters. The summed E-state index contributed by atoms with van der Waals surface area (Å²) in [6, 6.07) is 17.7.